The SMILES string of the molecule is CC(C)(c1ccccc1)c1ccc(N(c2ccc(C(C)(C)c3ccccc3)cc2)c2ccc3cc4c(cc3c2)oc2cc3c(cc24)oc2cc4cc(N(c5ccc(C(C)(C)c6ccccc6)cc5)c5ccc(C(C)(C)c6ccccc6)cc5)ccc4cc23)cc1. The molecule has 0 N–H and O–H groups in total. The molecule has 0 aliphatic rings. The van der Waals surface area contributed by atoms with Gasteiger partial charge in [-0.25, -0.2) is 0 Å². The van der Waals surface area contributed by atoms with Gasteiger partial charge in [0.05, 0.1) is 0 Å². The summed E-state index contributed by atoms with van der Waals surface area (Å²) in [6.07, 6.45) is 0. The predicted molar refractivity (Wildman–Crippen MR) is 380 cm³/mol. The van der Waals surface area contributed by atoms with E-state index in [1.54, 1.807) is 0 Å². The maximum absolute atomic E-state index is 6.87. The zero-order valence-electron chi connectivity index (χ0n) is 52.4. The first-order chi connectivity index (χ1) is 43.6. The van der Waals surface area contributed by atoms with Gasteiger partial charge < -0.3 is 18.6 Å². The fourth-order valence-corrected chi connectivity index (χ4v) is 13.9. The Morgan fingerprint density at radius 2 is 0.422 bits per heavy atom. The summed E-state index contributed by atoms with van der Waals surface area (Å²) >= 11 is 0. The molecular weight excluding hydrogens is 1090 g/mol. The average Bonchev–Trinajstić information content (AvgIpc) is 2.57. The first-order valence-electron chi connectivity index (χ1n) is 31.5. The van der Waals surface area contributed by atoms with Crippen LogP contribution in [0, 0.1) is 0 Å². The molecule has 90 heavy (non-hydrogen) atoms. The second kappa shape index (κ2) is 21.7. The lowest BCUT2D eigenvalue weighted by atomic mass is 9.78. The zero-order valence-corrected chi connectivity index (χ0v) is 52.4. The monoisotopic (exact) mass is 1160 g/mol. The molecule has 0 radical (unpaired) electrons. The van der Waals surface area contributed by atoms with Gasteiger partial charge in [-0.05, 0) is 175 Å². The van der Waals surface area contributed by atoms with Crippen molar-refractivity contribution in [3.05, 3.63) is 336 Å². The van der Waals surface area contributed by atoms with Crippen molar-refractivity contribution in [1.82, 2.24) is 0 Å². The Labute approximate surface area is 527 Å². The van der Waals surface area contributed by atoms with Crippen molar-refractivity contribution in [3.8, 4) is 0 Å². The highest BCUT2D eigenvalue weighted by Gasteiger charge is 2.29. The van der Waals surface area contributed by atoms with Crippen LogP contribution in [0.3, 0.4) is 0 Å². The van der Waals surface area contributed by atoms with Crippen LogP contribution >= 0.6 is 0 Å². The minimum Gasteiger partial charge on any atom is -0.456 e. The second-order valence-electron chi connectivity index (χ2n) is 26.6. The van der Waals surface area contributed by atoms with E-state index in [1.807, 2.05) is 0 Å². The van der Waals surface area contributed by atoms with Gasteiger partial charge in [-0.3, -0.25) is 0 Å². The molecule has 0 fully saturated rings. The van der Waals surface area contributed by atoms with Crippen molar-refractivity contribution in [2.45, 2.75) is 77.0 Å². The molecule has 0 bridgehead atoms. The number of anilines is 6. The molecule has 0 aliphatic carbocycles. The van der Waals surface area contributed by atoms with E-state index in [0.717, 1.165) is 99.5 Å². The fraction of sp³-hybridized carbons (Fsp3) is 0.140. The summed E-state index contributed by atoms with van der Waals surface area (Å²) in [4.78, 5) is 4.75. The summed E-state index contributed by atoms with van der Waals surface area (Å²) in [5.41, 5.74) is 19.3. The van der Waals surface area contributed by atoms with Gasteiger partial charge in [0, 0.05) is 77.3 Å². The van der Waals surface area contributed by atoms with Crippen molar-refractivity contribution in [2.24, 2.45) is 0 Å². The van der Waals surface area contributed by atoms with Gasteiger partial charge in [0.25, 0.3) is 0 Å². The summed E-state index contributed by atoms with van der Waals surface area (Å²) < 4.78 is 13.7. The van der Waals surface area contributed by atoms with Crippen molar-refractivity contribution in [1.29, 1.82) is 0 Å². The number of hydrogen-bond donors (Lipinski definition) is 0. The van der Waals surface area contributed by atoms with E-state index in [-0.39, 0.29) is 21.7 Å². The van der Waals surface area contributed by atoms with E-state index in [0.29, 0.717) is 0 Å². The van der Waals surface area contributed by atoms with E-state index in [4.69, 9.17) is 8.83 Å². The maximum Gasteiger partial charge on any atom is 0.136 e. The quantitative estimate of drug-likeness (QED) is 0.109. The van der Waals surface area contributed by atoms with E-state index in [1.165, 1.54) is 44.5 Å². The average molecular weight is 1170 g/mol. The van der Waals surface area contributed by atoms with Crippen LogP contribution < -0.4 is 9.80 Å². The molecule has 13 aromatic carbocycles. The van der Waals surface area contributed by atoms with Gasteiger partial charge in [0.2, 0.25) is 0 Å². The molecule has 2 aromatic heterocycles. The van der Waals surface area contributed by atoms with Crippen LogP contribution in [0.5, 0.6) is 0 Å². The number of hydrogen-bond acceptors (Lipinski definition) is 4. The second-order valence-corrected chi connectivity index (χ2v) is 26.6. The largest absolute Gasteiger partial charge is 0.456 e. The molecule has 0 saturated heterocycles. The molecular formula is C86H72N2O2. The van der Waals surface area contributed by atoms with Gasteiger partial charge in [-0.1, -0.05) is 237 Å². The van der Waals surface area contributed by atoms with Gasteiger partial charge in [0.1, 0.15) is 22.3 Å². The molecule has 4 heteroatoms. The third-order valence-corrected chi connectivity index (χ3v) is 19.8. The maximum atomic E-state index is 6.87. The number of nitrogens with zero attached hydrogens (tertiary/aromatic N) is 2. The first kappa shape index (κ1) is 56.1. The molecule has 15 aromatic rings. The first-order valence-corrected chi connectivity index (χ1v) is 31.5. The predicted octanol–water partition coefficient (Wildman–Crippen LogP) is 24.0. The highest BCUT2D eigenvalue weighted by Crippen LogP contribution is 2.46. The molecule has 0 saturated carbocycles. The lowest BCUT2D eigenvalue weighted by Crippen LogP contribution is -2.19. The molecule has 0 spiro atoms. The van der Waals surface area contributed by atoms with Crippen molar-refractivity contribution in [3.63, 3.8) is 0 Å². The van der Waals surface area contributed by atoms with Crippen LogP contribution in [0.2, 0.25) is 0 Å². The summed E-state index contributed by atoms with van der Waals surface area (Å²) in [7, 11) is 0. The summed E-state index contributed by atoms with van der Waals surface area (Å²) in [5.74, 6) is 0. The van der Waals surface area contributed by atoms with Crippen molar-refractivity contribution >= 4 is 99.5 Å². The highest BCUT2D eigenvalue weighted by atomic mass is 16.3. The summed E-state index contributed by atoms with van der Waals surface area (Å²) in [6.45, 7) is 18.4. The summed E-state index contributed by atoms with van der Waals surface area (Å²) in [6, 6.07) is 106. The third-order valence-electron chi connectivity index (χ3n) is 19.8. The normalized spacial score (nSPS) is 12.4. The minimum atomic E-state index is -0.166. The van der Waals surface area contributed by atoms with Gasteiger partial charge in [-0.15, -0.1) is 0 Å². The Morgan fingerprint density at radius 3 is 0.689 bits per heavy atom. The third kappa shape index (κ3) is 9.79. The molecule has 0 aliphatic heterocycles. The topological polar surface area (TPSA) is 32.8 Å². The summed E-state index contributed by atoms with van der Waals surface area (Å²) in [5, 5.41) is 8.63. The fourth-order valence-electron chi connectivity index (χ4n) is 13.9. The van der Waals surface area contributed by atoms with E-state index in [2.05, 4.69) is 356 Å². The Kier molecular flexibility index (Phi) is 13.5. The Balaban J connectivity index is 0.779. The standard InChI is InChI=1S/C86H72N2O2/c1-83(2,61-21-13-9-14-22-61)65-31-41-69(42-32-65)87(70-43-33-66(34-44-70)84(3,4)62-23-15-10-16-24-62)73-39-29-57-51-75-77-55-82-78(56-81(77)89-79(75)53-59(57)49-73)76-52-58-30-40-74(50-60(58)54-80(76)90-82)88(71-45-35-67(36-46-71)85(5,6)63-25-17-11-18-26-63)72-47-37-68(38-48-72)86(7,8)64-27-19-12-20-28-64/h9-56H,1-8H3. The van der Waals surface area contributed by atoms with Crippen LogP contribution in [0.25, 0.3) is 65.4 Å². The molecule has 0 amide bonds. The molecule has 4 nitrogen and oxygen atoms in total. The van der Waals surface area contributed by atoms with Crippen LogP contribution in [-0.4, -0.2) is 0 Å². The number of furan rings is 2. The highest BCUT2D eigenvalue weighted by molar-refractivity contribution is 6.18. The van der Waals surface area contributed by atoms with Crippen LogP contribution in [-0.2, 0) is 21.7 Å². The van der Waals surface area contributed by atoms with Gasteiger partial charge in [-0.2, -0.15) is 0 Å². The van der Waals surface area contributed by atoms with Crippen LogP contribution in [0.4, 0.5) is 34.1 Å². The molecule has 0 unspecified atom stereocenters. The Bertz CT molecular complexity index is 4600. The Morgan fingerprint density at radius 1 is 0.200 bits per heavy atom. The van der Waals surface area contributed by atoms with Crippen molar-refractivity contribution < 1.29 is 8.83 Å². The van der Waals surface area contributed by atoms with Crippen molar-refractivity contribution in [2.75, 3.05) is 9.80 Å². The minimum absolute atomic E-state index is 0.166. The van der Waals surface area contributed by atoms with Crippen LogP contribution in [0.1, 0.15) is 99.9 Å². The smallest absolute Gasteiger partial charge is 0.136 e. The van der Waals surface area contributed by atoms with E-state index >= 15 is 0 Å². The molecule has 0 atom stereocenters. The molecule has 2 heterocycles. The number of fused-ring (bicyclic) bond motifs is 8. The van der Waals surface area contributed by atoms with Gasteiger partial charge in [0.15, 0.2) is 0 Å². The van der Waals surface area contributed by atoms with Gasteiger partial charge >= 0.3 is 0 Å². The van der Waals surface area contributed by atoms with E-state index in [9.17, 15) is 0 Å². The molecule has 15 rings (SSSR count). The van der Waals surface area contributed by atoms with Crippen LogP contribution in [0.15, 0.2) is 300 Å². The lowest BCUT2D eigenvalue weighted by molar-refractivity contribution is 0.640. The molecule has 438 valence electrons. The Hall–Kier alpha value is -10.4. The number of rotatable bonds is 14. The van der Waals surface area contributed by atoms with E-state index < -0.39 is 0 Å². The number of benzene rings is 13. The lowest BCUT2D eigenvalue weighted by Gasteiger charge is -2.30. The zero-order chi connectivity index (χ0) is 61.5.